The maximum atomic E-state index is 12.5. The third-order valence-electron chi connectivity index (χ3n) is 8.99. The Morgan fingerprint density at radius 1 is 1.11 bits per heavy atom. The molecule has 0 bridgehead atoms. The van der Waals surface area contributed by atoms with Gasteiger partial charge in [0.05, 0.1) is 29.6 Å². The Balaban J connectivity index is 1.31. The number of methoxy groups -OCH3 is 1. The fourth-order valence-electron chi connectivity index (χ4n) is 6.31. The van der Waals surface area contributed by atoms with Crippen LogP contribution in [-0.2, 0) is 11.1 Å². The number of nitrogens with two attached hydrogens (primary N) is 1. The van der Waals surface area contributed by atoms with Crippen LogP contribution >= 0.6 is 11.6 Å². The topological polar surface area (TPSA) is 129 Å². The van der Waals surface area contributed by atoms with Gasteiger partial charge in [0.2, 0.25) is 5.95 Å². The number of hydrogen-bond acceptors (Lipinski definition) is 9. The molecule has 2 aliphatic rings. The SMILES string of the molecule is CCC(N)C(C)c1cccc(Nc2nc(Nc3ccc(N4CCC(N5CCCCC5)CC4)cc3OC)ncc2Cl)c1S(=O)O. The predicted molar refractivity (Wildman–Crippen MR) is 179 cm³/mol. The number of anilines is 5. The molecule has 3 unspecified atom stereocenters. The molecular formula is C32H44ClN7O3S. The minimum atomic E-state index is -2.26. The van der Waals surface area contributed by atoms with Crippen molar-refractivity contribution in [1.29, 1.82) is 0 Å². The highest BCUT2D eigenvalue weighted by atomic mass is 35.5. The van der Waals surface area contributed by atoms with Gasteiger partial charge in [-0.3, -0.25) is 0 Å². The Hall–Kier alpha value is -2.96. The van der Waals surface area contributed by atoms with Crippen molar-refractivity contribution in [2.75, 3.05) is 48.8 Å². The zero-order valence-corrected chi connectivity index (χ0v) is 27.3. The lowest BCUT2D eigenvalue weighted by atomic mass is 9.92. The summed E-state index contributed by atoms with van der Waals surface area (Å²) < 4.78 is 28.5. The van der Waals surface area contributed by atoms with Crippen molar-refractivity contribution in [1.82, 2.24) is 14.9 Å². The summed E-state index contributed by atoms with van der Waals surface area (Å²) in [7, 11) is 1.65. The number of aromatic nitrogens is 2. The second-order valence-corrected chi connectivity index (χ2v) is 13.0. The molecule has 0 saturated carbocycles. The first-order valence-electron chi connectivity index (χ1n) is 15.5. The lowest BCUT2D eigenvalue weighted by molar-refractivity contribution is 0.141. The molecule has 1 aromatic heterocycles. The monoisotopic (exact) mass is 641 g/mol. The summed E-state index contributed by atoms with van der Waals surface area (Å²) in [5.41, 5.74) is 9.26. The van der Waals surface area contributed by atoms with E-state index in [9.17, 15) is 8.76 Å². The van der Waals surface area contributed by atoms with Crippen LogP contribution in [0.4, 0.5) is 28.8 Å². The summed E-state index contributed by atoms with van der Waals surface area (Å²) in [6, 6.07) is 12.0. The van der Waals surface area contributed by atoms with Gasteiger partial charge in [0.1, 0.15) is 10.8 Å². The molecule has 0 aliphatic carbocycles. The fourth-order valence-corrected chi connectivity index (χ4v) is 7.21. The highest BCUT2D eigenvalue weighted by Crippen LogP contribution is 2.36. The molecule has 12 heteroatoms. The van der Waals surface area contributed by atoms with E-state index in [1.54, 1.807) is 13.2 Å². The van der Waals surface area contributed by atoms with Gasteiger partial charge in [0.25, 0.3) is 0 Å². The summed E-state index contributed by atoms with van der Waals surface area (Å²) in [5, 5.41) is 6.67. The Morgan fingerprint density at radius 2 is 1.86 bits per heavy atom. The number of halogens is 1. The van der Waals surface area contributed by atoms with Gasteiger partial charge < -0.3 is 35.5 Å². The quantitative estimate of drug-likeness (QED) is 0.172. The van der Waals surface area contributed by atoms with E-state index in [0.717, 1.165) is 25.2 Å². The molecule has 3 aromatic rings. The number of likely N-dealkylation sites (tertiary alicyclic amines) is 1. The number of nitrogens with one attached hydrogen (secondary N) is 2. The van der Waals surface area contributed by atoms with E-state index in [-0.39, 0.29) is 21.9 Å². The molecule has 5 N–H and O–H groups in total. The Bertz CT molecular complexity index is 1450. The van der Waals surface area contributed by atoms with Gasteiger partial charge >= 0.3 is 0 Å². The Morgan fingerprint density at radius 3 is 2.55 bits per heavy atom. The van der Waals surface area contributed by atoms with Crippen molar-refractivity contribution in [3.63, 3.8) is 0 Å². The first-order valence-corrected chi connectivity index (χ1v) is 17.0. The molecular weight excluding hydrogens is 598 g/mol. The standard InChI is InChI=1S/C32H44ClN7O3S/c1-4-26(34)21(2)24-9-8-10-28(30(24)44(41)42)36-31-25(33)20-35-32(38-31)37-27-12-11-23(19-29(27)43-3)40-17-13-22(14-18-40)39-15-6-5-7-16-39/h8-12,19-22,26H,4-7,13-18,34H2,1-3H3,(H,41,42)(H2,35,36,37,38). The van der Waals surface area contributed by atoms with E-state index in [1.807, 2.05) is 32.0 Å². The van der Waals surface area contributed by atoms with Gasteiger partial charge in [-0.15, -0.1) is 0 Å². The minimum Gasteiger partial charge on any atom is -0.494 e. The van der Waals surface area contributed by atoms with E-state index in [1.165, 1.54) is 51.4 Å². The molecule has 44 heavy (non-hydrogen) atoms. The zero-order valence-electron chi connectivity index (χ0n) is 25.8. The highest BCUT2D eigenvalue weighted by Gasteiger charge is 2.26. The summed E-state index contributed by atoms with van der Waals surface area (Å²) >= 11 is 4.21. The summed E-state index contributed by atoms with van der Waals surface area (Å²) in [5.74, 6) is 1.16. The molecule has 238 valence electrons. The van der Waals surface area contributed by atoms with Crippen LogP contribution in [-0.4, -0.2) is 69.0 Å². The third kappa shape index (κ3) is 7.46. The van der Waals surface area contributed by atoms with Crippen LogP contribution in [0.3, 0.4) is 0 Å². The number of ether oxygens (including phenoxy) is 1. The van der Waals surface area contributed by atoms with Gasteiger partial charge in [-0.05, 0) is 74.9 Å². The van der Waals surface area contributed by atoms with Gasteiger partial charge in [0, 0.05) is 36.9 Å². The van der Waals surface area contributed by atoms with Crippen LogP contribution in [0.25, 0.3) is 0 Å². The van der Waals surface area contributed by atoms with Crippen LogP contribution in [0, 0.1) is 0 Å². The molecule has 0 spiro atoms. The molecule has 5 rings (SSSR count). The van der Waals surface area contributed by atoms with Gasteiger partial charge in [-0.25, -0.2) is 9.19 Å². The van der Waals surface area contributed by atoms with Crippen LogP contribution in [0.15, 0.2) is 47.5 Å². The Labute approximate surface area is 268 Å². The van der Waals surface area contributed by atoms with Crippen LogP contribution in [0.2, 0.25) is 5.02 Å². The summed E-state index contributed by atoms with van der Waals surface area (Å²) in [6.07, 6.45) is 8.60. The lowest BCUT2D eigenvalue weighted by Gasteiger charge is -2.41. The second-order valence-electron chi connectivity index (χ2n) is 11.7. The second kappa shape index (κ2) is 14.9. The van der Waals surface area contributed by atoms with E-state index in [2.05, 4.69) is 42.5 Å². The van der Waals surface area contributed by atoms with Crippen LogP contribution in [0.1, 0.15) is 63.9 Å². The first-order chi connectivity index (χ1) is 21.3. The van der Waals surface area contributed by atoms with Crippen LogP contribution < -0.4 is 26.0 Å². The van der Waals surface area contributed by atoms with Crippen molar-refractivity contribution >= 4 is 51.5 Å². The minimum absolute atomic E-state index is 0.123. The van der Waals surface area contributed by atoms with Crippen molar-refractivity contribution in [2.45, 2.75) is 75.3 Å². The average Bonchev–Trinajstić information content (AvgIpc) is 3.06. The Kier molecular flexibility index (Phi) is 11.0. The summed E-state index contributed by atoms with van der Waals surface area (Å²) in [4.78, 5) is 14.3. The van der Waals surface area contributed by atoms with E-state index < -0.39 is 11.1 Å². The molecule has 0 radical (unpaired) electrons. The third-order valence-corrected chi connectivity index (χ3v) is 10.1. The molecule has 0 amide bonds. The fraction of sp³-hybridized carbons (Fsp3) is 0.500. The average molecular weight is 642 g/mol. The molecule has 2 aliphatic heterocycles. The number of nitrogens with zero attached hydrogens (tertiary/aromatic N) is 4. The highest BCUT2D eigenvalue weighted by molar-refractivity contribution is 7.79. The zero-order chi connectivity index (χ0) is 31.2. The normalized spacial score (nSPS) is 18.5. The van der Waals surface area contributed by atoms with Crippen molar-refractivity contribution in [2.24, 2.45) is 5.73 Å². The van der Waals surface area contributed by atoms with Crippen molar-refractivity contribution < 1.29 is 13.5 Å². The predicted octanol–water partition coefficient (Wildman–Crippen LogP) is 6.50. The van der Waals surface area contributed by atoms with E-state index in [4.69, 9.17) is 22.1 Å². The number of piperidine rings is 2. The van der Waals surface area contributed by atoms with E-state index >= 15 is 0 Å². The molecule has 10 nitrogen and oxygen atoms in total. The van der Waals surface area contributed by atoms with Gasteiger partial charge in [-0.2, -0.15) is 4.98 Å². The summed E-state index contributed by atoms with van der Waals surface area (Å²) in [6.45, 7) is 8.48. The van der Waals surface area contributed by atoms with Crippen LogP contribution in [0.5, 0.6) is 5.75 Å². The van der Waals surface area contributed by atoms with Gasteiger partial charge in [-0.1, -0.05) is 44.0 Å². The van der Waals surface area contributed by atoms with Crippen molar-refractivity contribution in [3.8, 4) is 5.75 Å². The molecule has 2 aromatic carbocycles. The van der Waals surface area contributed by atoms with E-state index in [0.29, 0.717) is 40.5 Å². The molecule has 2 saturated heterocycles. The number of rotatable bonds is 11. The maximum absolute atomic E-state index is 12.5. The number of benzene rings is 2. The molecule has 2 fully saturated rings. The smallest absolute Gasteiger partial charge is 0.229 e. The maximum Gasteiger partial charge on any atom is 0.229 e. The van der Waals surface area contributed by atoms with Crippen molar-refractivity contribution in [3.05, 3.63) is 53.2 Å². The molecule has 3 atom stereocenters. The first kappa shape index (κ1) is 32.4. The van der Waals surface area contributed by atoms with Gasteiger partial charge in [0.15, 0.2) is 16.9 Å². The number of hydrogen-bond donors (Lipinski definition) is 4. The lowest BCUT2D eigenvalue weighted by Crippen LogP contribution is -2.46. The molecule has 3 heterocycles. The largest absolute Gasteiger partial charge is 0.494 e.